The standard InChI is InChI=1S/C9H10N2O2S/c1-6(2)13-9(12)11-8-7(5-10)3-4-14-8/h3-4,6H,1-2H3,(H,11,12). The fraction of sp³-hybridized carbons (Fsp3) is 0.333. The van der Waals surface area contributed by atoms with Gasteiger partial charge in [0.1, 0.15) is 11.1 Å². The number of carbonyl (C=O) groups excluding carboxylic acids is 1. The third-order valence-electron chi connectivity index (χ3n) is 1.34. The second-order valence-electron chi connectivity index (χ2n) is 2.85. The van der Waals surface area contributed by atoms with Crippen LogP contribution in [0.25, 0.3) is 0 Å². The van der Waals surface area contributed by atoms with Gasteiger partial charge in [-0.2, -0.15) is 5.26 Å². The number of ether oxygens (including phenoxy) is 1. The molecule has 1 heterocycles. The van der Waals surface area contributed by atoms with Gasteiger partial charge < -0.3 is 4.74 Å². The highest BCUT2D eigenvalue weighted by molar-refractivity contribution is 7.14. The maximum absolute atomic E-state index is 11.2. The van der Waals surface area contributed by atoms with Gasteiger partial charge in [0.2, 0.25) is 0 Å². The summed E-state index contributed by atoms with van der Waals surface area (Å²) in [7, 11) is 0. The van der Waals surface area contributed by atoms with Crippen molar-refractivity contribution in [1.29, 1.82) is 5.26 Å². The number of amides is 1. The summed E-state index contributed by atoms with van der Waals surface area (Å²) >= 11 is 1.30. The summed E-state index contributed by atoms with van der Waals surface area (Å²) in [5.74, 6) is 0. The number of hydrogen-bond acceptors (Lipinski definition) is 4. The molecule has 4 nitrogen and oxygen atoms in total. The molecule has 1 aromatic heterocycles. The normalized spacial score (nSPS) is 9.57. The number of nitrogens with zero attached hydrogens (tertiary/aromatic N) is 1. The van der Waals surface area contributed by atoms with Crippen molar-refractivity contribution in [2.24, 2.45) is 0 Å². The van der Waals surface area contributed by atoms with Gasteiger partial charge in [-0.05, 0) is 25.3 Å². The molecule has 1 aromatic rings. The van der Waals surface area contributed by atoms with E-state index in [0.29, 0.717) is 10.6 Å². The van der Waals surface area contributed by atoms with Crippen LogP contribution in [-0.4, -0.2) is 12.2 Å². The van der Waals surface area contributed by atoms with Crippen molar-refractivity contribution in [3.05, 3.63) is 17.0 Å². The molecule has 0 atom stereocenters. The number of carbonyl (C=O) groups is 1. The summed E-state index contributed by atoms with van der Waals surface area (Å²) in [6, 6.07) is 3.62. The largest absolute Gasteiger partial charge is 0.447 e. The molecule has 0 saturated heterocycles. The fourth-order valence-corrected chi connectivity index (χ4v) is 1.55. The van der Waals surface area contributed by atoms with Gasteiger partial charge in [0.25, 0.3) is 0 Å². The molecular formula is C9H10N2O2S. The van der Waals surface area contributed by atoms with Gasteiger partial charge in [-0.1, -0.05) is 0 Å². The van der Waals surface area contributed by atoms with Crippen molar-refractivity contribution < 1.29 is 9.53 Å². The maximum Gasteiger partial charge on any atom is 0.412 e. The second-order valence-corrected chi connectivity index (χ2v) is 3.77. The van der Waals surface area contributed by atoms with E-state index < -0.39 is 6.09 Å². The van der Waals surface area contributed by atoms with E-state index in [1.807, 2.05) is 6.07 Å². The zero-order valence-corrected chi connectivity index (χ0v) is 8.72. The van der Waals surface area contributed by atoms with Crippen LogP contribution < -0.4 is 5.32 Å². The lowest BCUT2D eigenvalue weighted by Gasteiger charge is -2.07. The van der Waals surface area contributed by atoms with Gasteiger partial charge in [-0.25, -0.2) is 4.79 Å². The molecule has 14 heavy (non-hydrogen) atoms. The van der Waals surface area contributed by atoms with E-state index in [2.05, 4.69) is 5.32 Å². The Labute approximate surface area is 86.1 Å². The zero-order chi connectivity index (χ0) is 10.6. The van der Waals surface area contributed by atoms with E-state index in [1.54, 1.807) is 25.3 Å². The fourth-order valence-electron chi connectivity index (χ4n) is 0.830. The predicted octanol–water partition coefficient (Wildman–Crippen LogP) is 2.58. The van der Waals surface area contributed by atoms with Gasteiger partial charge in [0, 0.05) is 0 Å². The van der Waals surface area contributed by atoms with Crippen LogP contribution in [0.5, 0.6) is 0 Å². The summed E-state index contributed by atoms with van der Waals surface area (Å²) in [5.41, 5.74) is 0.454. The number of hydrogen-bond donors (Lipinski definition) is 1. The van der Waals surface area contributed by atoms with Gasteiger partial charge in [-0.3, -0.25) is 5.32 Å². The molecule has 0 spiro atoms. The monoisotopic (exact) mass is 210 g/mol. The van der Waals surface area contributed by atoms with E-state index >= 15 is 0 Å². The number of rotatable bonds is 2. The summed E-state index contributed by atoms with van der Waals surface area (Å²) in [6.07, 6.45) is -0.695. The van der Waals surface area contributed by atoms with Crippen LogP contribution in [0.2, 0.25) is 0 Å². The molecule has 0 fully saturated rings. The molecule has 74 valence electrons. The highest BCUT2D eigenvalue weighted by Gasteiger charge is 2.09. The van der Waals surface area contributed by atoms with E-state index in [9.17, 15) is 4.79 Å². The molecule has 0 saturated carbocycles. The first kappa shape index (κ1) is 10.5. The summed E-state index contributed by atoms with van der Waals surface area (Å²) in [5, 5.41) is 13.4. The van der Waals surface area contributed by atoms with Crippen LogP contribution in [-0.2, 0) is 4.74 Å². The first-order valence-corrected chi connectivity index (χ1v) is 4.96. The van der Waals surface area contributed by atoms with E-state index in [1.165, 1.54) is 11.3 Å². The Morgan fingerprint density at radius 1 is 1.71 bits per heavy atom. The van der Waals surface area contributed by atoms with E-state index in [4.69, 9.17) is 10.00 Å². The summed E-state index contributed by atoms with van der Waals surface area (Å²) in [4.78, 5) is 11.2. The summed E-state index contributed by atoms with van der Waals surface area (Å²) in [6.45, 7) is 3.53. The molecule has 0 aliphatic rings. The lowest BCUT2D eigenvalue weighted by Crippen LogP contribution is -2.17. The Kier molecular flexibility index (Phi) is 3.48. The van der Waals surface area contributed by atoms with Crippen LogP contribution in [0, 0.1) is 11.3 Å². The van der Waals surface area contributed by atoms with Gasteiger partial charge in [-0.15, -0.1) is 11.3 Å². The maximum atomic E-state index is 11.2. The number of nitriles is 1. The van der Waals surface area contributed by atoms with Gasteiger partial charge >= 0.3 is 6.09 Å². The molecule has 0 radical (unpaired) electrons. The third-order valence-corrected chi connectivity index (χ3v) is 2.17. The zero-order valence-electron chi connectivity index (χ0n) is 7.90. The van der Waals surface area contributed by atoms with Crippen molar-refractivity contribution in [1.82, 2.24) is 0 Å². The first-order valence-electron chi connectivity index (χ1n) is 4.08. The average molecular weight is 210 g/mol. The van der Waals surface area contributed by atoms with Crippen molar-refractivity contribution in [3.63, 3.8) is 0 Å². The van der Waals surface area contributed by atoms with Crippen LogP contribution in [0.3, 0.4) is 0 Å². The molecule has 5 heteroatoms. The minimum absolute atomic E-state index is 0.166. The van der Waals surface area contributed by atoms with Crippen molar-refractivity contribution >= 4 is 22.4 Å². The number of nitrogens with one attached hydrogen (secondary N) is 1. The molecule has 0 aromatic carbocycles. The molecule has 1 amide bonds. The Bertz CT molecular complexity index is 365. The smallest absolute Gasteiger partial charge is 0.412 e. The van der Waals surface area contributed by atoms with Gasteiger partial charge in [0.15, 0.2) is 0 Å². The van der Waals surface area contributed by atoms with E-state index in [-0.39, 0.29) is 6.10 Å². The minimum atomic E-state index is -0.529. The van der Waals surface area contributed by atoms with Crippen LogP contribution in [0.4, 0.5) is 9.80 Å². The lowest BCUT2D eigenvalue weighted by molar-refractivity contribution is 0.130. The predicted molar refractivity (Wildman–Crippen MR) is 54.3 cm³/mol. The molecular weight excluding hydrogens is 200 g/mol. The Hall–Kier alpha value is -1.54. The van der Waals surface area contributed by atoms with Crippen molar-refractivity contribution in [2.45, 2.75) is 20.0 Å². The minimum Gasteiger partial charge on any atom is -0.447 e. The quantitative estimate of drug-likeness (QED) is 0.816. The SMILES string of the molecule is CC(C)OC(=O)Nc1sccc1C#N. The molecule has 1 rings (SSSR count). The van der Waals surface area contributed by atoms with Crippen molar-refractivity contribution in [3.8, 4) is 6.07 Å². The average Bonchev–Trinajstić information content (AvgIpc) is 2.50. The Morgan fingerprint density at radius 2 is 2.43 bits per heavy atom. The first-order chi connectivity index (χ1) is 6.63. The van der Waals surface area contributed by atoms with Crippen LogP contribution in [0.15, 0.2) is 11.4 Å². The molecule has 1 N–H and O–H groups in total. The molecule has 0 aliphatic heterocycles. The van der Waals surface area contributed by atoms with Crippen molar-refractivity contribution in [2.75, 3.05) is 5.32 Å². The topological polar surface area (TPSA) is 62.1 Å². The molecule has 0 unspecified atom stereocenters. The number of anilines is 1. The lowest BCUT2D eigenvalue weighted by atomic mass is 10.3. The number of thiophene rings is 1. The molecule has 0 bridgehead atoms. The van der Waals surface area contributed by atoms with E-state index in [0.717, 1.165) is 0 Å². The Balaban J connectivity index is 2.61. The Morgan fingerprint density at radius 3 is 3.00 bits per heavy atom. The van der Waals surface area contributed by atoms with Crippen LogP contribution >= 0.6 is 11.3 Å². The second kappa shape index (κ2) is 4.63. The third kappa shape index (κ3) is 2.75. The highest BCUT2D eigenvalue weighted by Crippen LogP contribution is 2.22. The highest BCUT2D eigenvalue weighted by atomic mass is 32.1. The summed E-state index contributed by atoms with van der Waals surface area (Å²) < 4.78 is 4.87. The van der Waals surface area contributed by atoms with Gasteiger partial charge in [0.05, 0.1) is 11.7 Å². The van der Waals surface area contributed by atoms with Crippen LogP contribution in [0.1, 0.15) is 19.4 Å². The molecule has 0 aliphatic carbocycles.